The van der Waals surface area contributed by atoms with E-state index >= 15 is 0 Å². The Hall–Kier alpha value is -1.73. The molecule has 1 aliphatic heterocycles. The van der Waals surface area contributed by atoms with Gasteiger partial charge in [-0.05, 0) is 7.05 Å². The number of nitrogens with two attached hydrogens (primary N) is 1. The Morgan fingerprint density at radius 1 is 1.56 bits per heavy atom. The van der Waals surface area contributed by atoms with E-state index < -0.39 is 5.91 Å². The summed E-state index contributed by atoms with van der Waals surface area (Å²) in [4.78, 5) is 29.1. The second kappa shape index (κ2) is 4.87. The van der Waals surface area contributed by atoms with Crippen molar-refractivity contribution in [3.05, 3.63) is 27.9 Å². The second-order valence-corrected chi connectivity index (χ2v) is 4.33. The SMILES string of the molecule is CN1CCOCC1c1nc(C(N)=O)cc(=O)n1C. The van der Waals surface area contributed by atoms with Crippen molar-refractivity contribution >= 4 is 5.91 Å². The largest absolute Gasteiger partial charge is 0.378 e. The van der Waals surface area contributed by atoms with Gasteiger partial charge in [-0.15, -0.1) is 0 Å². The number of carbonyl (C=O) groups is 1. The lowest BCUT2D eigenvalue weighted by molar-refractivity contribution is 0.000271. The van der Waals surface area contributed by atoms with Crippen molar-refractivity contribution < 1.29 is 9.53 Å². The highest BCUT2D eigenvalue weighted by Crippen LogP contribution is 2.19. The molecule has 1 aromatic rings. The van der Waals surface area contributed by atoms with Crippen LogP contribution >= 0.6 is 0 Å². The van der Waals surface area contributed by atoms with Gasteiger partial charge in [0.1, 0.15) is 11.5 Å². The van der Waals surface area contributed by atoms with Gasteiger partial charge in [-0.1, -0.05) is 0 Å². The molecular formula is C11H16N4O3. The van der Waals surface area contributed by atoms with E-state index in [1.807, 2.05) is 11.9 Å². The van der Waals surface area contributed by atoms with Crippen LogP contribution in [-0.2, 0) is 11.8 Å². The Kier molecular flexibility index (Phi) is 3.44. The summed E-state index contributed by atoms with van der Waals surface area (Å²) in [5.41, 5.74) is 4.87. The minimum Gasteiger partial charge on any atom is -0.378 e. The fraction of sp³-hybridized carbons (Fsp3) is 0.545. The highest BCUT2D eigenvalue weighted by molar-refractivity contribution is 5.90. The van der Waals surface area contributed by atoms with Gasteiger partial charge in [-0.2, -0.15) is 0 Å². The van der Waals surface area contributed by atoms with E-state index in [0.717, 1.165) is 12.6 Å². The van der Waals surface area contributed by atoms with Crippen molar-refractivity contribution in [1.29, 1.82) is 0 Å². The van der Waals surface area contributed by atoms with E-state index in [-0.39, 0.29) is 17.3 Å². The summed E-state index contributed by atoms with van der Waals surface area (Å²) in [6.45, 7) is 1.84. The molecule has 7 nitrogen and oxygen atoms in total. The first-order chi connectivity index (χ1) is 8.50. The number of ether oxygens (including phenoxy) is 1. The highest BCUT2D eigenvalue weighted by Gasteiger charge is 2.26. The minimum absolute atomic E-state index is 0.00734. The number of hydrogen-bond acceptors (Lipinski definition) is 5. The van der Waals surface area contributed by atoms with Crippen LogP contribution in [0, 0.1) is 0 Å². The molecule has 1 aromatic heterocycles. The quantitative estimate of drug-likeness (QED) is 0.720. The molecule has 1 amide bonds. The van der Waals surface area contributed by atoms with Crippen molar-refractivity contribution in [2.45, 2.75) is 6.04 Å². The van der Waals surface area contributed by atoms with Crippen molar-refractivity contribution in [2.24, 2.45) is 12.8 Å². The Morgan fingerprint density at radius 2 is 2.28 bits per heavy atom. The van der Waals surface area contributed by atoms with Gasteiger partial charge in [0.2, 0.25) is 0 Å². The molecule has 1 fully saturated rings. The van der Waals surface area contributed by atoms with Crippen molar-refractivity contribution in [1.82, 2.24) is 14.5 Å². The molecule has 18 heavy (non-hydrogen) atoms. The number of nitrogens with zero attached hydrogens (tertiary/aromatic N) is 3. The minimum atomic E-state index is -0.701. The fourth-order valence-electron chi connectivity index (χ4n) is 1.94. The monoisotopic (exact) mass is 252 g/mol. The first-order valence-electron chi connectivity index (χ1n) is 5.66. The second-order valence-electron chi connectivity index (χ2n) is 4.33. The van der Waals surface area contributed by atoms with Crippen molar-refractivity contribution in [2.75, 3.05) is 26.8 Å². The maximum atomic E-state index is 11.8. The van der Waals surface area contributed by atoms with Crippen LogP contribution in [0.15, 0.2) is 10.9 Å². The van der Waals surface area contributed by atoms with Crippen LogP contribution < -0.4 is 11.3 Å². The molecule has 1 aliphatic rings. The van der Waals surface area contributed by atoms with Crippen LogP contribution in [0.4, 0.5) is 0 Å². The highest BCUT2D eigenvalue weighted by atomic mass is 16.5. The molecule has 0 aliphatic carbocycles. The fourth-order valence-corrected chi connectivity index (χ4v) is 1.94. The summed E-state index contributed by atoms with van der Waals surface area (Å²) in [6.07, 6.45) is 0. The van der Waals surface area contributed by atoms with E-state index in [1.54, 1.807) is 7.05 Å². The van der Waals surface area contributed by atoms with Crippen molar-refractivity contribution in [3.8, 4) is 0 Å². The number of morpholine rings is 1. The summed E-state index contributed by atoms with van der Waals surface area (Å²) in [7, 11) is 3.55. The average Bonchev–Trinajstić information content (AvgIpc) is 2.33. The molecule has 1 unspecified atom stereocenters. The number of primary amides is 1. The molecule has 0 bridgehead atoms. The molecule has 0 spiro atoms. The van der Waals surface area contributed by atoms with Crippen LogP contribution in [0.2, 0.25) is 0 Å². The first kappa shape index (κ1) is 12.7. The topological polar surface area (TPSA) is 90.4 Å². The maximum absolute atomic E-state index is 11.8. The number of amides is 1. The molecule has 0 radical (unpaired) electrons. The van der Waals surface area contributed by atoms with Crippen LogP contribution in [-0.4, -0.2) is 47.2 Å². The number of likely N-dealkylation sites (N-methyl/N-ethyl adjacent to an activating group) is 1. The maximum Gasteiger partial charge on any atom is 0.267 e. The third-order valence-electron chi connectivity index (χ3n) is 3.12. The molecule has 98 valence electrons. The Balaban J connectivity index is 2.48. The number of aromatic nitrogens is 2. The van der Waals surface area contributed by atoms with Gasteiger partial charge in [-0.25, -0.2) is 4.98 Å². The zero-order valence-corrected chi connectivity index (χ0v) is 10.4. The standard InChI is InChI=1S/C11H16N4O3/c1-14-3-4-18-6-8(14)11-13-7(10(12)17)5-9(16)15(11)2/h5,8H,3-4,6H2,1-2H3,(H2,12,17). The smallest absolute Gasteiger partial charge is 0.267 e. The predicted molar refractivity (Wildman–Crippen MR) is 64.2 cm³/mol. The van der Waals surface area contributed by atoms with E-state index in [2.05, 4.69) is 4.98 Å². The Morgan fingerprint density at radius 3 is 2.89 bits per heavy atom. The van der Waals surface area contributed by atoms with Crippen LogP contribution in [0.1, 0.15) is 22.4 Å². The number of hydrogen-bond donors (Lipinski definition) is 1. The summed E-state index contributed by atoms with van der Waals surface area (Å²) in [5, 5.41) is 0. The molecular weight excluding hydrogens is 236 g/mol. The van der Waals surface area contributed by atoms with E-state index in [4.69, 9.17) is 10.5 Å². The molecule has 7 heteroatoms. The summed E-state index contributed by atoms with van der Waals surface area (Å²) < 4.78 is 6.81. The molecule has 2 heterocycles. The lowest BCUT2D eigenvalue weighted by atomic mass is 10.2. The third-order valence-corrected chi connectivity index (χ3v) is 3.12. The molecule has 0 saturated carbocycles. The molecule has 0 aromatic carbocycles. The van der Waals surface area contributed by atoms with Gasteiger partial charge in [0.25, 0.3) is 11.5 Å². The van der Waals surface area contributed by atoms with E-state index in [9.17, 15) is 9.59 Å². The van der Waals surface area contributed by atoms with Crippen LogP contribution in [0.3, 0.4) is 0 Å². The van der Waals surface area contributed by atoms with Gasteiger partial charge in [0.15, 0.2) is 0 Å². The number of rotatable bonds is 2. The summed E-state index contributed by atoms with van der Waals surface area (Å²) in [5.74, 6) is -0.202. The van der Waals surface area contributed by atoms with Gasteiger partial charge >= 0.3 is 0 Å². The van der Waals surface area contributed by atoms with Gasteiger partial charge in [-0.3, -0.25) is 19.1 Å². The average molecular weight is 252 g/mol. The van der Waals surface area contributed by atoms with Crippen LogP contribution in [0.25, 0.3) is 0 Å². The normalized spacial score (nSPS) is 20.9. The lowest BCUT2D eigenvalue weighted by Gasteiger charge is -2.32. The zero-order valence-electron chi connectivity index (χ0n) is 10.4. The van der Waals surface area contributed by atoms with E-state index in [0.29, 0.717) is 19.0 Å². The summed E-state index contributed by atoms with van der Waals surface area (Å²) in [6, 6.07) is 1.01. The lowest BCUT2D eigenvalue weighted by Crippen LogP contribution is -2.40. The molecule has 2 rings (SSSR count). The molecule has 2 N–H and O–H groups in total. The molecule has 1 atom stereocenters. The molecule has 1 saturated heterocycles. The third kappa shape index (κ3) is 2.27. The van der Waals surface area contributed by atoms with Crippen molar-refractivity contribution in [3.63, 3.8) is 0 Å². The first-order valence-corrected chi connectivity index (χ1v) is 5.66. The Labute approximate surface area is 104 Å². The van der Waals surface area contributed by atoms with Gasteiger partial charge in [0, 0.05) is 19.7 Å². The van der Waals surface area contributed by atoms with E-state index in [1.165, 1.54) is 4.57 Å². The Bertz CT molecular complexity index is 526. The summed E-state index contributed by atoms with van der Waals surface area (Å²) >= 11 is 0. The zero-order chi connectivity index (χ0) is 13.3. The van der Waals surface area contributed by atoms with Crippen LogP contribution in [0.5, 0.6) is 0 Å². The number of carbonyl (C=O) groups excluding carboxylic acids is 1. The predicted octanol–water partition coefficient (Wildman–Crippen LogP) is -1.12. The van der Waals surface area contributed by atoms with Gasteiger partial charge < -0.3 is 10.5 Å². The van der Waals surface area contributed by atoms with Gasteiger partial charge in [0.05, 0.1) is 19.3 Å².